The Morgan fingerprint density at radius 3 is 2.62 bits per heavy atom. The average molecular weight is 354 g/mol. The van der Waals surface area contributed by atoms with Gasteiger partial charge in [-0.05, 0) is 26.0 Å². The molecule has 2 atom stereocenters. The number of hydrogen-bond donors (Lipinski definition) is 1. The predicted molar refractivity (Wildman–Crippen MR) is 83.0 cm³/mol. The molecule has 0 saturated carbocycles. The van der Waals surface area contributed by atoms with E-state index >= 15 is 0 Å². The highest BCUT2D eigenvalue weighted by Crippen LogP contribution is 2.31. The lowest BCUT2D eigenvalue weighted by Gasteiger charge is -2.15. The van der Waals surface area contributed by atoms with E-state index in [1.54, 1.807) is 6.07 Å². The maximum absolute atomic E-state index is 12.4. The highest BCUT2D eigenvalue weighted by atomic mass is 32.2. The summed E-state index contributed by atoms with van der Waals surface area (Å²) in [7, 11) is -3.96. The van der Waals surface area contributed by atoms with Gasteiger partial charge in [0.05, 0.1) is 18.1 Å². The Morgan fingerprint density at radius 1 is 1.29 bits per heavy atom. The summed E-state index contributed by atoms with van der Waals surface area (Å²) in [6, 6.07) is 4.82. The van der Waals surface area contributed by atoms with E-state index < -0.39 is 28.1 Å². The molecule has 0 unspecified atom stereocenters. The summed E-state index contributed by atoms with van der Waals surface area (Å²) >= 11 is 0. The van der Waals surface area contributed by atoms with Gasteiger partial charge in [-0.25, -0.2) is 8.42 Å². The minimum atomic E-state index is -3.96. The van der Waals surface area contributed by atoms with Gasteiger partial charge in [0.2, 0.25) is 10.0 Å². The summed E-state index contributed by atoms with van der Waals surface area (Å²) in [5.41, 5.74) is 0. The average Bonchev–Trinajstić information content (AvgIpc) is 2.78. The minimum Gasteiger partial charge on any atom is -0.490 e. The van der Waals surface area contributed by atoms with Gasteiger partial charge in [0.1, 0.15) is 12.1 Å². The second-order valence-corrected chi connectivity index (χ2v) is 6.92. The van der Waals surface area contributed by atoms with Crippen LogP contribution in [0.1, 0.15) is 20.3 Å². The molecule has 0 amide bonds. The van der Waals surface area contributed by atoms with Gasteiger partial charge in [-0.15, -0.1) is 0 Å². The summed E-state index contributed by atoms with van der Waals surface area (Å²) < 4.78 is 42.7. The van der Waals surface area contributed by atoms with Gasteiger partial charge in [-0.2, -0.15) is 9.98 Å². The Balaban J connectivity index is 2.14. The summed E-state index contributed by atoms with van der Waals surface area (Å²) in [6.45, 7) is 3.66. The highest BCUT2D eigenvalue weighted by Gasteiger charge is 2.25. The van der Waals surface area contributed by atoms with E-state index in [0.717, 1.165) is 0 Å². The SMILES string of the molecule is C[C@H](C#N)OC(=O)[C@H](C)NS(=O)(=O)c1ccc2c(c1)OCCCO2. The van der Waals surface area contributed by atoms with Crippen LogP contribution in [-0.2, 0) is 19.6 Å². The highest BCUT2D eigenvalue weighted by molar-refractivity contribution is 7.89. The van der Waals surface area contributed by atoms with Gasteiger partial charge in [0.15, 0.2) is 17.6 Å². The van der Waals surface area contributed by atoms with Crippen LogP contribution in [0, 0.1) is 11.3 Å². The number of ether oxygens (including phenoxy) is 3. The Labute approximate surface area is 140 Å². The van der Waals surface area contributed by atoms with Crippen molar-refractivity contribution in [3.63, 3.8) is 0 Å². The van der Waals surface area contributed by atoms with Crippen molar-refractivity contribution in [2.75, 3.05) is 13.2 Å². The molecule has 0 aliphatic carbocycles. The number of nitrogens with zero attached hydrogens (tertiary/aromatic N) is 1. The van der Waals surface area contributed by atoms with Crippen LogP contribution in [0.4, 0.5) is 0 Å². The fourth-order valence-corrected chi connectivity index (χ4v) is 3.17. The number of nitriles is 1. The van der Waals surface area contributed by atoms with Crippen molar-refractivity contribution in [2.45, 2.75) is 37.3 Å². The molecule has 0 fully saturated rings. The van der Waals surface area contributed by atoms with Gasteiger partial charge in [-0.1, -0.05) is 0 Å². The number of carbonyl (C=O) groups is 1. The van der Waals surface area contributed by atoms with Crippen molar-refractivity contribution in [2.24, 2.45) is 0 Å². The van der Waals surface area contributed by atoms with E-state index in [2.05, 4.69) is 4.72 Å². The van der Waals surface area contributed by atoms with Crippen LogP contribution in [0.2, 0.25) is 0 Å². The van der Waals surface area contributed by atoms with Gasteiger partial charge in [0.25, 0.3) is 0 Å². The Kier molecular flexibility index (Phi) is 5.64. The van der Waals surface area contributed by atoms with Crippen molar-refractivity contribution in [1.82, 2.24) is 4.72 Å². The van der Waals surface area contributed by atoms with Crippen LogP contribution >= 0.6 is 0 Å². The molecule has 8 nitrogen and oxygen atoms in total. The van der Waals surface area contributed by atoms with E-state index in [1.807, 2.05) is 0 Å². The molecule has 0 bridgehead atoms. The topological polar surface area (TPSA) is 115 Å². The first kappa shape index (κ1) is 18.0. The Bertz CT molecular complexity index is 756. The number of rotatable bonds is 5. The number of esters is 1. The first-order valence-electron chi connectivity index (χ1n) is 7.35. The first-order chi connectivity index (χ1) is 11.3. The molecule has 24 heavy (non-hydrogen) atoms. The van der Waals surface area contributed by atoms with Crippen molar-refractivity contribution in [3.05, 3.63) is 18.2 Å². The van der Waals surface area contributed by atoms with Crippen LogP contribution in [0.15, 0.2) is 23.1 Å². The zero-order chi connectivity index (χ0) is 17.7. The smallest absolute Gasteiger partial charge is 0.325 e. The van der Waals surface area contributed by atoms with Crippen LogP contribution < -0.4 is 14.2 Å². The third-order valence-corrected chi connectivity index (χ3v) is 4.73. The molecule has 1 aromatic carbocycles. The number of hydrogen-bond acceptors (Lipinski definition) is 7. The molecule has 0 spiro atoms. The number of carbonyl (C=O) groups excluding carboxylic acids is 1. The number of fused-ring (bicyclic) bond motifs is 1. The number of nitrogens with one attached hydrogen (secondary N) is 1. The fourth-order valence-electron chi connectivity index (χ4n) is 1.96. The second-order valence-electron chi connectivity index (χ2n) is 5.21. The third-order valence-electron chi connectivity index (χ3n) is 3.19. The lowest BCUT2D eigenvalue weighted by Crippen LogP contribution is -2.40. The molecular weight excluding hydrogens is 336 g/mol. The molecule has 1 N–H and O–H groups in total. The standard InChI is InChI=1S/C15H18N2O6S/c1-10(9-16)23-15(18)11(2)17-24(19,20)12-4-5-13-14(8-12)22-7-3-6-21-13/h4-5,8,10-11,17H,3,6-7H2,1-2H3/t10-,11+/m1/s1. The summed E-state index contributed by atoms with van der Waals surface area (Å²) in [5.74, 6) is -0.0209. The van der Waals surface area contributed by atoms with Crippen molar-refractivity contribution in [1.29, 1.82) is 5.26 Å². The largest absolute Gasteiger partial charge is 0.490 e. The van der Waals surface area contributed by atoms with E-state index in [0.29, 0.717) is 31.1 Å². The minimum absolute atomic E-state index is 0.0558. The molecule has 0 aromatic heterocycles. The molecular formula is C15H18N2O6S. The maximum Gasteiger partial charge on any atom is 0.325 e. The number of benzene rings is 1. The monoisotopic (exact) mass is 354 g/mol. The molecule has 1 aromatic rings. The molecule has 1 heterocycles. The van der Waals surface area contributed by atoms with Gasteiger partial charge >= 0.3 is 5.97 Å². The zero-order valence-corrected chi connectivity index (χ0v) is 14.1. The van der Waals surface area contributed by atoms with E-state index in [9.17, 15) is 13.2 Å². The lowest BCUT2D eigenvalue weighted by molar-refractivity contribution is -0.147. The van der Waals surface area contributed by atoms with E-state index in [4.69, 9.17) is 19.5 Å². The van der Waals surface area contributed by atoms with Crippen LogP contribution in [-0.4, -0.2) is 39.7 Å². The van der Waals surface area contributed by atoms with Gasteiger partial charge < -0.3 is 14.2 Å². The molecule has 130 valence electrons. The van der Waals surface area contributed by atoms with E-state index in [1.165, 1.54) is 32.0 Å². The fraction of sp³-hybridized carbons (Fsp3) is 0.467. The Hall–Kier alpha value is -2.31. The predicted octanol–water partition coefficient (Wildman–Crippen LogP) is 0.970. The Morgan fingerprint density at radius 2 is 1.96 bits per heavy atom. The van der Waals surface area contributed by atoms with Crippen molar-refractivity contribution >= 4 is 16.0 Å². The van der Waals surface area contributed by atoms with Gasteiger partial charge in [-0.3, -0.25) is 4.79 Å². The zero-order valence-electron chi connectivity index (χ0n) is 13.3. The van der Waals surface area contributed by atoms with Crippen molar-refractivity contribution in [3.8, 4) is 17.6 Å². The second kappa shape index (κ2) is 7.51. The molecule has 0 radical (unpaired) electrons. The summed E-state index contributed by atoms with van der Waals surface area (Å²) in [6.07, 6.45) is -0.253. The third kappa shape index (κ3) is 4.37. The van der Waals surface area contributed by atoms with E-state index in [-0.39, 0.29) is 4.90 Å². The van der Waals surface area contributed by atoms with Crippen molar-refractivity contribution < 1.29 is 27.4 Å². The molecule has 1 aliphatic rings. The first-order valence-corrected chi connectivity index (χ1v) is 8.84. The van der Waals surface area contributed by atoms with Crippen LogP contribution in [0.5, 0.6) is 11.5 Å². The molecule has 0 saturated heterocycles. The summed E-state index contributed by atoms with van der Waals surface area (Å²) in [4.78, 5) is 11.7. The maximum atomic E-state index is 12.4. The number of sulfonamides is 1. The summed E-state index contributed by atoms with van der Waals surface area (Å²) in [5, 5.41) is 8.62. The molecule has 9 heteroatoms. The van der Waals surface area contributed by atoms with Crippen LogP contribution in [0.25, 0.3) is 0 Å². The lowest BCUT2D eigenvalue weighted by atomic mass is 10.3. The molecule has 2 rings (SSSR count). The van der Waals surface area contributed by atoms with Crippen LogP contribution in [0.3, 0.4) is 0 Å². The molecule has 1 aliphatic heterocycles. The quantitative estimate of drug-likeness (QED) is 0.783. The van der Waals surface area contributed by atoms with Gasteiger partial charge in [0, 0.05) is 12.5 Å². The normalized spacial score (nSPS) is 16.4.